The van der Waals surface area contributed by atoms with E-state index in [-0.39, 0.29) is 29.9 Å². The van der Waals surface area contributed by atoms with Gasteiger partial charge in [0.2, 0.25) is 0 Å². The smallest absolute Gasteiger partial charge is 0.356 e. The van der Waals surface area contributed by atoms with Crippen LogP contribution in [0.4, 0.5) is 13.2 Å². The minimum atomic E-state index is -4.41. The quantitative estimate of drug-likeness (QED) is 0.218. The number of thiazole rings is 1. The predicted molar refractivity (Wildman–Crippen MR) is 119 cm³/mol. The fourth-order valence-electron chi connectivity index (χ4n) is 2.31. The molecule has 0 fully saturated rings. The second-order valence-electron chi connectivity index (χ2n) is 5.93. The van der Waals surface area contributed by atoms with Crippen molar-refractivity contribution in [2.24, 2.45) is 4.99 Å². The fourth-order valence-corrected chi connectivity index (χ4v) is 3.11. The highest BCUT2D eigenvalue weighted by Crippen LogP contribution is 2.29. The number of amides is 1. The molecule has 1 aromatic carbocycles. The summed E-state index contributed by atoms with van der Waals surface area (Å²) < 4.78 is 37.6. The van der Waals surface area contributed by atoms with Crippen molar-refractivity contribution < 1.29 is 18.0 Å². The van der Waals surface area contributed by atoms with Gasteiger partial charge in [-0.3, -0.25) is 9.79 Å². The molecule has 2 rings (SSSR count). The van der Waals surface area contributed by atoms with Gasteiger partial charge >= 0.3 is 6.18 Å². The summed E-state index contributed by atoms with van der Waals surface area (Å²) in [5, 5.41) is 10.3. The van der Waals surface area contributed by atoms with Crippen LogP contribution < -0.4 is 16.0 Å². The fraction of sp³-hybridized carbons (Fsp3) is 0.389. The van der Waals surface area contributed by atoms with Crippen LogP contribution in [0.2, 0.25) is 0 Å². The van der Waals surface area contributed by atoms with Crippen LogP contribution in [0.5, 0.6) is 0 Å². The van der Waals surface area contributed by atoms with E-state index in [1.54, 1.807) is 13.1 Å². The minimum absolute atomic E-state index is 0. The Morgan fingerprint density at radius 1 is 1.17 bits per heavy atom. The van der Waals surface area contributed by atoms with Gasteiger partial charge in [-0.25, -0.2) is 4.98 Å². The van der Waals surface area contributed by atoms with Gasteiger partial charge in [-0.05, 0) is 19.1 Å². The molecule has 29 heavy (non-hydrogen) atoms. The number of carbonyl (C=O) groups excluding carboxylic acids is 1. The zero-order chi connectivity index (χ0) is 20.6. The minimum Gasteiger partial charge on any atom is -0.356 e. The molecule has 1 aromatic heterocycles. The molecule has 0 aliphatic rings. The summed E-state index contributed by atoms with van der Waals surface area (Å²) in [5.74, 6) is 0.343. The number of alkyl halides is 3. The van der Waals surface area contributed by atoms with Gasteiger partial charge < -0.3 is 16.0 Å². The monoisotopic (exact) mass is 541 g/mol. The molecule has 11 heteroatoms. The van der Waals surface area contributed by atoms with Gasteiger partial charge in [0.25, 0.3) is 5.91 Å². The highest BCUT2D eigenvalue weighted by molar-refractivity contribution is 14.0. The Balaban J connectivity index is 0.00000420. The maximum absolute atomic E-state index is 12.5. The van der Waals surface area contributed by atoms with E-state index in [9.17, 15) is 18.0 Å². The summed E-state index contributed by atoms with van der Waals surface area (Å²) in [6, 6.07) is 7.31. The van der Waals surface area contributed by atoms with Crippen molar-refractivity contribution in [2.75, 3.05) is 26.7 Å². The molecule has 0 saturated heterocycles. The molecule has 1 amide bonds. The summed E-state index contributed by atoms with van der Waals surface area (Å²) in [6.07, 6.45) is -4.06. The number of aliphatic imine (C=N–C) groups is 1. The molecule has 0 spiro atoms. The normalized spacial score (nSPS) is 11.6. The van der Waals surface area contributed by atoms with Gasteiger partial charge in [0.15, 0.2) is 11.7 Å². The first kappa shape index (κ1) is 25.1. The van der Waals surface area contributed by atoms with Gasteiger partial charge in [0.05, 0.1) is 5.01 Å². The van der Waals surface area contributed by atoms with Gasteiger partial charge in [-0.2, -0.15) is 13.2 Å². The van der Waals surface area contributed by atoms with Gasteiger partial charge in [-0.1, -0.05) is 17.7 Å². The number of hydrogen-bond acceptors (Lipinski definition) is 4. The SMILES string of the molecule is CN=C(NCCNC(=O)c1cccc(C)c1)NCCc1nc(C(F)(F)F)cs1.I. The number of aryl methyl sites for hydroxylation is 1. The molecule has 0 atom stereocenters. The van der Waals surface area contributed by atoms with Crippen molar-refractivity contribution in [1.82, 2.24) is 20.9 Å². The second-order valence-corrected chi connectivity index (χ2v) is 6.87. The molecule has 0 saturated carbocycles. The molecule has 0 bridgehead atoms. The number of nitrogens with one attached hydrogen (secondary N) is 3. The molecule has 2 aromatic rings. The summed E-state index contributed by atoms with van der Waals surface area (Å²) in [4.78, 5) is 19.7. The van der Waals surface area contributed by atoms with E-state index >= 15 is 0 Å². The van der Waals surface area contributed by atoms with Crippen LogP contribution in [-0.2, 0) is 12.6 Å². The van der Waals surface area contributed by atoms with E-state index < -0.39 is 11.9 Å². The van der Waals surface area contributed by atoms with Crippen molar-refractivity contribution in [2.45, 2.75) is 19.5 Å². The predicted octanol–water partition coefficient (Wildman–Crippen LogP) is 3.23. The molecule has 1 heterocycles. The van der Waals surface area contributed by atoms with Crippen molar-refractivity contribution in [1.29, 1.82) is 0 Å². The number of hydrogen-bond donors (Lipinski definition) is 3. The first-order chi connectivity index (χ1) is 13.3. The number of benzene rings is 1. The Bertz CT molecular complexity index is 826. The average Bonchev–Trinajstić information content (AvgIpc) is 3.13. The highest BCUT2D eigenvalue weighted by Gasteiger charge is 2.33. The second kappa shape index (κ2) is 12.0. The number of aromatic nitrogens is 1. The lowest BCUT2D eigenvalue weighted by Crippen LogP contribution is -2.42. The van der Waals surface area contributed by atoms with Gasteiger partial charge in [0, 0.05) is 44.0 Å². The number of carbonyl (C=O) groups is 1. The van der Waals surface area contributed by atoms with Crippen LogP contribution in [0.1, 0.15) is 26.6 Å². The van der Waals surface area contributed by atoms with E-state index in [0.717, 1.165) is 22.3 Å². The van der Waals surface area contributed by atoms with Gasteiger partial charge in [0.1, 0.15) is 0 Å². The lowest BCUT2D eigenvalue weighted by molar-refractivity contribution is -0.140. The maximum atomic E-state index is 12.5. The Hall–Kier alpha value is -1.89. The summed E-state index contributed by atoms with van der Waals surface area (Å²) in [5.41, 5.74) is 0.751. The van der Waals surface area contributed by atoms with E-state index in [1.807, 2.05) is 25.1 Å². The Labute approximate surface area is 188 Å². The summed E-state index contributed by atoms with van der Waals surface area (Å²) in [6.45, 7) is 3.16. The largest absolute Gasteiger partial charge is 0.434 e. The van der Waals surface area contributed by atoms with Crippen molar-refractivity contribution in [3.8, 4) is 0 Å². The van der Waals surface area contributed by atoms with Crippen LogP contribution in [0.25, 0.3) is 0 Å². The molecule has 3 N–H and O–H groups in total. The number of nitrogens with zero attached hydrogens (tertiary/aromatic N) is 2. The topological polar surface area (TPSA) is 78.4 Å². The lowest BCUT2D eigenvalue weighted by atomic mass is 10.1. The van der Waals surface area contributed by atoms with Crippen molar-refractivity contribution in [3.63, 3.8) is 0 Å². The highest BCUT2D eigenvalue weighted by atomic mass is 127. The molecule has 0 aliphatic heterocycles. The molecule has 160 valence electrons. The van der Waals surface area contributed by atoms with Crippen LogP contribution in [0.3, 0.4) is 0 Å². The van der Waals surface area contributed by atoms with Crippen LogP contribution in [-0.4, -0.2) is 43.5 Å². The molecule has 0 aliphatic carbocycles. The standard InChI is InChI=1S/C18H22F3N5OS.HI/c1-12-4-3-5-13(10-12)16(27)23-8-9-25-17(22-2)24-7-6-15-26-14(11-28-15)18(19,20)21;/h3-5,10-11H,6-9H2,1-2H3,(H,23,27)(H2,22,24,25);1H. The molecule has 6 nitrogen and oxygen atoms in total. The third kappa shape index (κ3) is 8.56. The number of halogens is 4. The first-order valence-electron chi connectivity index (χ1n) is 8.60. The van der Waals surface area contributed by atoms with Crippen molar-refractivity contribution >= 4 is 47.2 Å². The van der Waals surface area contributed by atoms with Crippen LogP contribution in [0.15, 0.2) is 34.6 Å². The Morgan fingerprint density at radius 2 is 1.86 bits per heavy atom. The van der Waals surface area contributed by atoms with Crippen LogP contribution in [0, 0.1) is 6.92 Å². The van der Waals surface area contributed by atoms with E-state index in [0.29, 0.717) is 42.6 Å². The van der Waals surface area contributed by atoms with Crippen molar-refractivity contribution in [3.05, 3.63) is 51.5 Å². The third-order valence-corrected chi connectivity index (χ3v) is 4.59. The summed E-state index contributed by atoms with van der Waals surface area (Å²) >= 11 is 0.980. The lowest BCUT2D eigenvalue weighted by Gasteiger charge is -2.12. The summed E-state index contributed by atoms with van der Waals surface area (Å²) in [7, 11) is 1.59. The number of guanidine groups is 1. The number of rotatable bonds is 7. The molecular weight excluding hydrogens is 518 g/mol. The molecule has 0 unspecified atom stereocenters. The maximum Gasteiger partial charge on any atom is 0.434 e. The van der Waals surface area contributed by atoms with E-state index in [4.69, 9.17) is 0 Å². The van der Waals surface area contributed by atoms with E-state index in [2.05, 4.69) is 25.9 Å². The Kier molecular flexibility index (Phi) is 10.4. The average molecular weight is 541 g/mol. The zero-order valence-electron chi connectivity index (χ0n) is 16.0. The molecular formula is C18H23F3IN5OS. The first-order valence-corrected chi connectivity index (χ1v) is 9.48. The van der Waals surface area contributed by atoms with E-state index in [1.165, 1.54) is 0 Å². The zero-order valence-corrected chi connectivity index (χ0v) is 19.1. The third-order valence-electron chi connectivity index (χ3n) is 3.68. The van der Waals surface area contributed by atoms with Crippen LogP contribution >= 0.6 is 35.3 Å². The molecule has 0 radical (unpaired) electrons. The van der Waals surface area contributed by atoms with Gasteiger partial charge in [-0.15, -0.1) is 35.3 Å². The Morgan fingerprint density at radius 3 is 2.48 bits per heavy atom.